The highest BCUT2D eigenvalue weighted by atomic mass is 15.4. The van der Waals surface area contributed by atoms with Crippen LogP contribution in [-0.2, 0) is 0 Å². The van der Waals surface area contributed by atoms with Crippen molar-refractivity contribution in [3.8, 4) is 0 Å². The van der Waals surface area contributed by atoms with Gasteiger partial charge < -0.3 is 4.90 Å². The van der Waals surface area contributed by atoms with E-state index in [1.165, 1.54) is 44.1 Å². The molecule has 7 rings (SSSR count). The van der Waals surface area contributed by atoms with Crippen molar-refractivity contribution in [2.24, 2.45) is 0 Å². The number of aromatic nitrogens is 1. The maximum Gasteiger partial charge on any atom is 0.109 e. The molecule has 1 unspecified atom stereocenters. The van der Waals surface area contributed by atoms with E-state index in [0.717, 1.165) is 37.1 Å². The van der Waals surface area contributed by atoms with Gasteiger partial charge in [0.2, 0.25) is 0 Å². The van der Waals surface area contributed by atoms with Crippen LogP contribution in [0.4, 0.5) is 0 Å². The Kier molecular flexibility index (Phi) is 5.11. The number of likely N-dealkylation sites (N-methyl/N-ethyl adjacent to an activating group) is 1. The van der Waals surface area contributed by atoms with Crippen molar-refractivity contribution in [1.82, 2.24) is 14.8 Å². The molecule has 0 saturated heterocycles. The van der Waals surface area contributed by atoms with Crippen molar-refractivity contribution < 1.29 is 0 Å². The van der Waals surface area contributed by atoms with Crippen molar-refractivity contribution in [3.05, 3.63) is 126 Å². The van der Waals surface area contributed by atoms with Gasteiger partial charge in [0.05, 0.1) is 11.2 Å². The third-order valence-electron chi connectivity index (χ3n) is 7.81. The van der Waals surface area contributed by atoms with E-state index >= 15 is 0 Å². The largest absolute Gasteiger partial charge is 0.351 e. The van der Waals surface area contributed by atoms with Crippen molar-refractivity contribution >= 4 is 32.8 Å². The van der Waals surface area contributed by atoms with Crippen molar-refractivity contribution in [3.63, 3.8) is 0 Å². The van der Waals surface area contributed by atoms with E-state index < -0.39 is 0 Å². The summed E-state index contributed by atoms with van der Waals surface area (Å²) in [7, 11) is 2.25. The first-order valence-corrected chi connectivity index (χ1v) is 12.9. The van der Waals surface area contributed by atoms with E-state index in [9.17, 15) is 0 Å². The summed E-state index contributed by atoms with van der Waals surface area (Å²) < 4.78 is 0. The van der Waals surface area contributed by atoms with E-state index in [1.807, 2.05) is 0 Å². The van der Waals surface area contributed by atoms with E-state index in [4.69, 9.17) is 4.98 Å². The predicted octanol–water partition coefficient (Wildman–Crippen LogP) is 7.35. The van der Waals surface area contributed by atoms with Crippen molar-refractivity contribution in [1.29, 1.82) is 0 Å². The second-order valence-corrected chi connectivity index (χ2v) is 9.97. The monoisotopic (exact) mass is 467 g/mol. The van der Waals surface area contributed by atoms with Gasteiger partial charge in [0.1, 0.15) is 6.17 Å². The Morgan fingerprint density at radius 3 is 2.61 bits per heavy atom. The first-order chi connectivity index (χ1) is 17.8. The number of nitrogens with zero attached hydrogens (tertiary/aromatic N) is 3. The van der Waals surface area contributed by atoms with Crippen LogP contribution >= 0.6 is 0 Å². The number of allylic oxidation sites excluding steroid dienone is 6. The molecule has 3 aromatic carbocycles. The third kappa shape index (κ3) is 3.42. The summed E-state index contributed by atoms with van der Waals surface area (Å²) in [5, 5.41) is 3.62. The van der Waals surface area contributed by atoms with Crippen LogP contribution in [0.15, 0.2) is 109 Å². The number of hydrogen-bond acceptors (Lipinski definition) is 3. The second-order valence-electron chi connectivity index (χ2n) is 9.97. The fourth-order valence-electron chi connectivity index (χ4n) is 6.08. The Bertz CT molecular complexity index is 1620. The van der Waals surface area contributed by atoms with Crippen LogP contribution in [0.3, 0.4) is 0 Å². The molecule has 3 heterocycles. The molecule has 3 heteroatoms. The summed E-state index contributed by atoms with van der Waals surface area (Å²) in [5.74, 6) is 0. The molecule has 2 aliphatic heterocycles. The van der Waals surface area contributed by atoms with Crippen LogP contribution in [0.1, 0.15) is 35.8 Å². The zero-order chi connectivity index (χ0) is 24.1. The average molecular weight is 468 g/mol. The zero-order valence-corrected chi connectivity index (χ0v) is 20.6. The fraction of sp³-hybridized carbons (Fsp3) is 0.182. The highest BCUT2D eigenvalue weighted by Crippen LogP contribution is 2.44. The van der Waals surface area contributed by atoms with Crippen LogP contribution in [0.25, 0.3) is 32.8 Å². The molecule has 0 bridgehead atoms. The first-order valence-electron chi connectivity index (χ1n) is 12.9. The van der Waals surface area contributed by atoms with Crippen molar-refractivity contribution in [2.75, 3.05) is 20.1 Å². The first kappa shape index (κ1) is 21.3. The van der Waals surface area contributed by atoms with Gasteiger partial charge in [0.25, 0.3) is 0 Å². The fourth-order valence-corrected chi connectivity index (χ4v) is 6.08. The number of hydrogen-bond donors (Lipinski definition) is 0. The van der Waals surface area contributed by atoms with Gasteiger partial charge in [-0.25, -0.2) is 4.98 Å². The number of benzene rings is 3. The van der Waals surface area contributed by atoms with Gasteiger partial charge in [-0.15, -0.1) is 0 Å². The van der Waals surface area contributed by atoms with Gasteiger partial charge in [-0.05, 0) is 48.0 Å². The molecule has 0 amide bonds. The molecule has 1 aliphatic carbocycles. The van der Waals surface area contributed by atoms with E-state index in [-0.39, 0.29) is 6.17 Å². The molecule has 3 aliphatic rings. The lowest BCUT2D eigenvalue weighted by Crippen LogP contribution is -2.42. The van der Waals surface area contributed by atoms with Crippen LogP contribution in [0.2, 0.25) is 0 Å². The molecule has 0 saturated carbocycles. The van der Waals surface area contributed by atoms with E-state index in [2.05, 4.69) is 120 Å². The second kappa shape index (κ2) is 8.61. The van der Waals surface area contributed by atoms with Gasteiger partial charge in [-0.1, -0.05) is 97.1 Å². The topological polar surface area (TPSA) is 19.4 Å². The average Bonchev–Trinajstić information content (AvgIpc) is 3.02. The zero-order valence-electron chi connectivity index (χ0n) is 20.6. The standard InChI is InChI=1S/C33H29N3/c1-35-22-20-24(30-19-18-25-17-16-23-9-2-3-11-26(23)32(25)34-30)10-8-21-36-31-15-7-6-13-28(31)27-12-4-5-14-29(27)33(35)36/h2-6,8-14,16-20,33H,7,15,21-22H2,1H3/b10-8-,24-20+. The summed E-state index contributed by atoms with van der Waals surface area (Å²) in [5.41, 5.74) is 8.93. The van der Waals surface area contributed by atoms with Gasteiger partial charge in [0.15, 0.2) is 0 Å². The Labute approximate surface area is 212 Å². The van der Waals surface area contributed by atoms with E-state index in [1.54, 1.807) is 0 Å². The number of fused-ring (bicyclic) bond motifs is 8. The normalized spacial score (nSPS) is 22.2. The smallest absolute Gasteiger partial charge is 0.109 e. The molecule has 0 spiro atoms. The minimum atomic E-state index is 0.222. The molecule has 176 valence electrons. The molecular formula is C33H29N3. The quantitative estimate of drug-likeness (QED) is 0.273. The maximum absolute atomic E-state index is 5.18. The summed E-state index contributed by atoms with van der Waals surface area (Å²) >= 11 is 0. The van der Waals surface area contributed by atoms with Gasteiger partial charge in [0, 0.05) is 35.1 Å². The number of rotatable bonds is 1. The Hall–Kier alpha value is -3.95. The minimum Gasteiger partial charge on any atom is -0.351 e. The SMILES string of the molecule is CN1C/C=C(c2ccc3ccc4ccccc4c3n2)\C=C/CN2C3=C(C=CCC3)c3ccccc3C12. The molecule has 4 aromatic rings. The summed E-state index contributed by atoms with van der Waals surface area (Å²) in [6, 6.07) is 26.2. The third-order valence-corrected chi connectivity index (χ3v) is 7.81. The van der Waals surface area contributed by atoms with Crippen LogP contribution in [0, 0.1) is 0 Å². The molecule has 0 radical (unpaired) electrons. The number of pyridine rings is 1. The molecule has 1 atom stereocenters. The maximum atomic E-state index is 5.18. The lowest BCUT2D eigenvalue weighted by molar-refractivity contribution is 0.103. The van der Waals surface area contributed by atoms with Crippen LogP contribution in [-0.4, -0.2) is 34.9 Å². The molecule has 0 N–H and O–H groups in total. The Morgan fingerprint density at radius 2 is 1.64 bits per heavy atom. The van der Waals surface area contributed by atoms with Gasteiger partial charge in [-0.3, -0.25) is 4.90 Å². The minimum absolute atomic E-state index is 0.222. The molecule has 3 nitrogen and oxygen atoms in total. The molecule has 0 fully saturated rings. The van der Waals surface area contributed by atoms with Gasteiger partial charge >= 0.3 is 0 Å². The molecular weight excluding hydrogens is 438 g/mol. The Morgan fingerprint density at radius 1 is 0.806 bits per heavy atom. The highest BCUT2D eigenvalue weighted by Gasteiger charge is 2.34. The summed E-state index contributed by atoms with van der Waals surface area (Å²) in [4.78, 5) is 10.3. The lowest BCUT2D eigenvalue weighted by atomic mass is 9.86. The molecule has 36 heavy (non-hydrogen) atoms. The highest BCUT2D eigenvalue weighted by molar-refractivity contribution is 6.05. The predicted molar refractivity (Wildman–Crippen MR) is 150 cm³/mol. The van der Waals surface area contributed by atoms with Crippen LogP contribution in [0.5, 0.6) is 0 Å². The lowest BCUT2D eigenvalue weighted by Gasteiger charge is -2.45. The van der Waals surface area contributed by atoms with Crippen LogP contribution < -0.4 is 0 Å². The van der Waals surface area contributed by atoms with Crippen molar-refractivity contribution in [2.45, 2.75) is 19.0 Å². The van der Waals surface area contributed by atoms with Gasteiger partial charge in [-0.2, -0.15) is 0 Å². The summed E-state index contributed by atoms with van der Waals surface area (Å²) in [6.07, 6.45) is 14.0. The van der Waals surface area contributed by atoms with E-state index in [0.29, 0.717) is 0 Å². The summed E-state index contributed by atoms with van der Waals surface area (Å²) in [6.45, 7) is 1.73. The molecule has 1 aromatic heterocycles. The Balaban J connectivity index is 1.32.